The van der Waals surface area contributed by atoms with Gasteiger partial charge in [0.2, 0.25) is 0 Å². The van der Waals surface area contributed by atoms with Crippen molar-refractivity contribution in [2.24, 2.45) is 0 Å². The lowest BCUT2D eigenvalue weighted by atomic mass is 10.1. The summed E-state index contributed by atoms with van der Waals surface area (Å²) >= 11 is 0. The molecule has 4 heteroatoms. The highest BCUT2D eigenvalue weighted by molar-refractivity contribution is 6.07. The molecule has 0 aliphatic rings. The maximum atomic E-state index is 12.0. The van der Waals surface area contributed by atoms with Crippen molar-refractivity contribution in [3.8, 4) is 0 Å². The number of benzene rings is 1. The topological polar surface area (TPSA) is 68.0 Å². The van der Waals surface area contributed by atoms with Gasteiger partial charge < -0.3 is 11.1 Å². The van der Waals surface area contributed by atoms with Crippen molar-refractivity contribution in [2.75, 3.05) is 11.1 Å². The van der Waals surface area contributed by atoms with Crippen LogP contribution in [0.4, 0.5) is 11.4 Å². The Hall–Kier alpha value is -2.36. The lowest BCUT2D eigenvalue weighted by Crippen LogP contribution is -2.14. The summed E-state index contributed by atoms with van der Waals surface area (Å²) < 4.78 is 0. The molecule has 0 bridgehead atoms. The Morgan fingerprint density at radius 3 is 2.67 bits per heavy atom. The molecule has 4 nitrogen and oxygen atoms in total. The fourth-order valence-corrected chi connectivity index (χ4v) is 1.63. The minimum absolute atomic E-state index is 0.224. The predicted octanol–water partition coefficient (Wildman–Crippen LogP) is 2.53. The fourth-order valence-electron chi connectivity index (χ4n) is 1.63. The average molecular weight is 241 g/mol. The second-order valence-electron chi connectivity index (χ2n) is 4.22. The fraction of sp³-hybridized carbons (Fsp3) is 0.143. The maximum absolute atomic E-state index is 12.0. The van der Waals surface area contributed by atoms with Gasteiger partial charge in [0.1, 0.15) is 0 Å². The number of carbonyl (C=O) groups is 1. The number of nitrogens with zero attached hydrogens (tertiary/aromatic N) is 1. The summed E-state index contributed by atoms with van der Waals surface area (Å²) in [7, 11) is 0. The highest BCUT2D eigenvalue weighted by atomic mass is 16.1. The summed E-state index contributed by atoms with van der Waals surface area (Å²) in [5.74, 6) is -0.224. The van der Waals surface area contributed by atoms with E-state index in [9.17, 15) is 4.79 Å². The normalized spacial score (nSPS) is 10.1. The van der Waals surface area contributed by atoms with Crippen molar-refractivity contribution in [3.05, 3.63) is 53.3 Å². The van der Waals surface area contributed by atoms with E-state index < -0.39 is 0 Å². The van der Waals surface area contributed by atoms with Crippen LogP contribution in [-0.4, -0.2) is 10.9 Å². The molecule has 2 aromatic rings. The quantitative estimate of drug-likeness (QED) is 0.849. The van der Waals surface area contributed by atoms with Gasteiger partial charge in [-0.25, -0.2) is 0 Å². The van der Waals surface area contributed by atoms with Crippen LogP contribution >= 0.6 is 0 Å². The summed E-state index contributed by atoms with van der Waals surface area (Å²) in [5, 5.41) is 2.82. The van der Waals surface area contributed by atoms with E-state index in [-0.39, 0.29) is 5.91 Å². The summed E-state index contributed by atoms with van der Waals surface area (Å²) in [4.78, 5) is 15.9. The minimum atomic E-state index is -0.224. The van der Waals surface area contributed by atoms with Gasteiger partial charge in [0.15, 0.2) is 0 Å². The Balaban J connectivity index is 2.22. The van der Waals surface area contributed by atoms with Crippen molar-refractivity contribution < 1.29 is 4.79 Å². The van der Waals surface area contributed by atoms with Gasteiger partial charge in [-0.05, 0) is 43.2 Å². The Morgan fingerprint density at radius 1 is 1.22 bits per heavy atom. The number of nitrogen functional groups attached to an aromatic ring is 1. The van der Waals surface area contributed by atoms with Gasteiger partial charge in [-0.3, -0.25) is 9.78 Å². The Morgan fingerprint density at radius 2 is 2.00 bits per heavy atom. The Kier molecular flexibility index (Phi) is 3.28. The van der Waals surface area contributed by atoms with Crippen molar-refractivity contribution in [1.82, 2.24) is 4.98 Å². The second kappa shape index (κ2) is 4.87. The molecular formula is C14H15N3O. The number of hydrogen-bond donors (Lipinski definition) is 2. The molecule has 0 unspecified atom stereocenters. The van der Waals surface area contributed by atoms with Crippen molar-refractivity contribution in [3.63, 3.8) is 0 Å². The third-order valence-electron chi connectivity index (χ3n) is 2.86. The molecule has 0 radical (unpaired) electrons. The zero-order valence-electron chi connectivity index (χ0n) is 10.4. The monoisotopic (exact) mass is 241 g/mol. The summed E-state index contributed by atoms with van der Waals surface area (Å²) in [6, 6.07) is 7.38. The molecule has 0 atom stereocenters. The van der Waals surface area contributed by atoms with Crippen molar-refractivity contribution in [1.29, 1.82) is 0 Å². The number of carbonyl (C=O) groups excluding carboxylic acids is 1. The van der Waals surface area contributed by atoms with E-state index in [0.717, 1.165) is 11.3 Å². The van der Waals surface area contributed by atoms with Crippen LogP contribution in [-0.2, 0) is 0 Å². The molecule has 1 aromatic heterocycles. The van der Waals surface area contributed by atoms with E-state index >= 15 is 0 Å². The van der Waals surface area contributed by atoms with Gasteiger partial charge in [0, 0.05) is 11.9 Å². The minimum Gasteiger partial charge on any atom is -0.397 e. The van der Waals surface area contributed by atoms with E-state index in [1.54, 1.807) is 12.3 Å². The SMILES string of the molecule is Cc1ccc(NC(=O)c2ccncc2N)cc1C. The molecular weight excluding hydrogens is 226 g/mol. The van der Waals surface area contributed by atoms with E-state index in [1.807, 2.05) is 32.0 Å². The lowest BCUT2D eigenvalue weighted by molar-refractivity contribution is 0.102. The van der Waals surface area contributed by atoms with Gasteiger partial charge >= 0.3 is 0 Å². The molecule has 2 rings (SSSR count). The van der Waals surface area contributed by atoms with Gasteiger partial charge in [0.25, 0.3) is 5.91 Å². The zero-order chi connectivity index (χ0) is 13.1. The molecule has 18 heavy (non-hydrogen) atoms. The van der Waals surface area contributed by atoms with Crippen molar-refractivity contribution >= 4 is 17.3 Å². The molecule has 0 aliphatic heterocycles. The van der Waals surface area contributed by atoms with Crippen molar-refractivity contribution in [2.45, 2.75) is 13.8 Å². The van der Waals surface area contributed by atoms with Crippen LogP contribution in [0.3, 0.4) is 0 Å². The van der Waals surface area contributed by atoms with Gasteiger partial charge in [0.05, 0.1) is 17.4 Å². The second-order valence-corrected chi connectivity index (χ2v) is 4.22. The molecule has 0 aliphatic carbocycles. The molecule has 3 N–H and O–H groups in total. The summed E-state index contributed by atoms with van der Waals surface area (Å²) in [6.07, 6.45) is 3.01. The number of aryl methyl sites for hydroxylation is 2. The molecule has 0 saturated carbocycles. The Bertz CT molecular complexity index is 593. The number of anilines is 2. The molecule has 0 spiro atoms. The first-order chi connectivity index (χ1) is 8.58. The first-order valence-corrected chi connectivity index (χ1v) is 5.66. The van der Waals surface area contributed by atoms with Crippen LogP contribution in [0, 0.1) is 13.8 Å². The number of pyridine rings is 1. The average Bonchev–Trinajstić information content (AvgIpc) is 2.34. The number of amides is 1. The number of hydrogen-bond acceptors (Lipinski definition) is 3. The standard InChI is InChI=1S/C14H15N3O/c1-9-3-4-11(7-10(9)2)17-14(18)12-5-6-16-8-13(12)15/h3-8H,15H2,1-2H3,(H,17,18). The van der Waals surface area contributed by atoms with Crippen LogP contribution in [0.5, 0.6) is 0 Å². The van der Waals surface area contributed by atoms with E-state index in [4.69, 9.17) is 5.73 Å². The van der Waals surface area contributed by atoms with E-state index in [2.05, 4.69) is 10.3 Å². The lowest BCUT2D eigenvalue weighted by Gasteiger charge is -2.08. The van der Waals surface area contributed by atoms with Gasteiger partial charge in [-0.15, -0.1) is 0 Å². The largest absolute Gasteiger partial charge is 0.397 e. The van der Waals surface area contributed by atoms with Crippen LogP contribution in [0.25, 0.3) is 0 Å². The predicted molar refractivity (Wildman–Crippen MR) is 72.5 cm³/mol. The first-order valence-electron chi connectivity index (χ1n) is 5.66. The van der Waals surface area contributed by atoms with Crippen LogP contribution < -0.4 is 11.1 Å². The highest BCUT2D eigenvalue weighted by Gasteiger charge is 2.09. The van der Waals surface area contributed by atoms with E-state index in [1.165, 1.54) is 11.8 Å². The number of nitrogens with two attached hydrogens (primary N) is 1. The molecule has 0 fully saturated rings. The summed E-state index contributed by atoms with van der Waals surface area (Å²) in [5.41, 5.74) is 9.60. The van der Waals surface area contributed by atoms with E-state index in [0.29, 0.717) is 11.3 Å². The third kappa shape index (κ3) is 2.48. The smallest absolute Gasteiger partial charge is 0.257 e. The molecule has 0 saturated heterocycles. The molecule has 1 amide bonds. The maximum Gasteiger partial charge on any atom is 0.257 e. The number of rotatable bonds is 2. The molecule has 1 aromatic carbocycles. The zero-order valence-corrected chi connectivity index (χ0v) is 10.4. The number of nitrogens with one attached hydrogen (secondary N) is 1. The van der Waals surface area contributed by atoms with Crippen LogP contribution in [0.1, 0.15) is 21.5 Å². The first kappa shape index (κ1) is 12.1. The Labute approximate surface area is 106 Å². The number of aromatic nitrogens is 1. The van der Waals surface area contributed by atoms with Crippen LogP contribution in [0.15, 0.2) is 36.7 Å². The highest BCUT2D eigenvalue weighted by Crippen LogP contribution is 2.16. The third-order valence-corrected chi connectivity index (χ3v) is 2.86. The van der Waals surface area contributed by atoms with Gasteiger partial charge in [-0.2, -0.15) is 0 Å². The molecule has 1 heterocycles. The molecule has 92 valence electrons. The van der Waals surface area contributed by atoms with Gasteiger partial charge in [-0.1, -0.05) is 6.07 Å². The summed E-state index contributed by atoms with van der Waals surface area (Å²) in [6.45, 7) is 4.04. The van der Waals surface area contributed by atoms with Crippen LogP contribution in [0.2, 0.25) is 0 Å².